The maximum Gasteiger partial charge on any atom is 0.0982 e. The molecule has 2 rings (SSSR count). The summed E-state index contributed by atoms with van der Waals surface area (Å²) in [6, 6.07) is 2.02. The SMILES string of the molecule is CC1(c2cc(Cl)sc2Cl)CCCNC1. The topological polar surface area (TPSA) is 12.0 Å². The van der Waals surface area contributed by atoms with Crippen molar-refractivity contribution in [2.75, 3.05) is 13.1 Å². The molecule has 1 aliphatic heterocycles. The summed E-state index contributed by atoms with van der Waals surface area (Å²) in [4.78, 5) is 0. The van der Waals surface area contributed by atoms with Gasteiger partial charge in [-0.1, -0.05) is 30.1 Å². The second kappa shape index (κ2) is 4.01. The van der Waals surface area contributed by atoms with E-state index in [-0.39, 0.29) is 5.41 Å². The Morgan fingerprint density at radius 2 is 2.29 bits per heavy atom. The van der Waals surface area contributed by atoms with Crippen LogP contribution in [0.4, 0.5) is 0 Å². The first kappa shape index (κ1) is 10.7. The highest BCUT2D eigenvalue weighted by Crippen LogP contribution is 2.41. The van der Waals surface area contributed by atoms with Gasteiger partial charge in [-0.2, -0.15) is 0 Å². The number of rotatable bonds is 1. The first-order chi connectivity index (χ1) is 6.62. The Labute approximate surface area is 98.4 Å². The normalized spacial score (nSPS) is 27.9. The van der Waals surface area contributed by atoms with Crippen LogP contribution in [0.15, 0.2) is 6.07 Å². The van der Waals surface area contributed by atoms with Gasteiger partial charge in [0, 0.05) is 12.0 Å². The smallest absolute Gasteiger partial charge is 0.0982 e. The van der Waals surface area contributed by atoms with E-state index in [0.29, 0.717) is 0 Å². The molecule has 1 aromatic heterocycles. The van der Waals surface area contributed by atoms with Crippen LogP contribution in [0.25, 0.3) is 0 Å². The van der Waals surface area contributed by atoms with Crippen molar-refractivity contribution in [2.45, 2.75) is 25.2 Å². The highest BCUT2D eigenvalue weighted by atomic mass is 35.5. The predicted octanol–water partition coefficient (Wildman–Crippen LogP) is 3.70. The number of thiophene rings is 1. The molecule has 1 N–H and O–H groups in total. The van der Waals surface area contributed by atoms with Gasteiger partial charge in [0.2, 0.25) is 0 Å². The Bertz CT molecular complexity index is 329. The van der Waals surface area contributed by atoms with E-state index in [4.69, 9.17) is 23.2 Å². The van der Waals surface area contributed by atoms with Crippen LogP contribution in [0.2, 0.25) is 8.67 Å². The predicted molar refractivity (Wildman–Crippen MR) is 63.8 cm³/mol. The number of hydrogen-bond acceptors (Lipinski definition) is 2. The summed E-state index contributed by atoms with van der Waals surface area (Å²) in [5.74, 6) is 0. The van der Waals surface area contributed by atoms with Crippen molar-refractivity contribution < 1.29 is 0 Å². The maximum atomic E-state index is 6.17. The van der Waals surface area contributed by atoms with E-state index in [1.807, 2.05) is 6.07 Å². The summed E-state index contributed by atoms with van der Waals surface area (Å²) in [7, 11) is 0. The van der Waals surface area contributed by atoms with E-state index in [1.165, 1.54) is 29.7 Å². The molecule has 0 radical (unpaired) electrons. The van der Waals surface area contributed by atoms with Gasteiger partial charge in [0.05, 0.1) is 8.67 Å². The Kier molecular flexibility index (Phi) is 3.08. The zero-order valence-electron chi connectivity index (χ0n) is 8.07. The largest absolute Gasteiger partial charge is 0.316 e. The molecule has 0 aromatic carbocycles. The average Bonchev–Trinajstić information content (AvgIpc) is 2.47. The molecule has 0 amide bonds. The molecule has 1 saturated heterocycles. The third-order valence-electron chi connectivity index (χ3n) is 2.90. The summed E-state index contributed by atoms with van der Waals surface area (Å²) in [6.07, 6.45) is 2.40. The summed E-state index contributed by atoms with van der Waals surface area (Å²) < 4.78 is 1.64. The van der Waals surface area contributed by atoms with E-state index in [2.05, 4.69) is 12.2 Å². The molecule has 0 bridgehead atoms. The third-order valence-corrected chi connectivity index (χ3v) is 4.39. The minimum absolute atomic E-state index is 0.166. The van der Waals surface area contributed by atoms with Crippen molar-refractivity contribution in [3.63, 3.8) is 0 Å². The number of nitrogens with one attached hydrogen (secondary N) is 1. The molecule has 14 heavy (non-hydrogen) atoms. The van der Waals surface area contributed by atoms with Crippen LogP contribution in [0.5, 0.6) is 0 Å². The lowest BCUT2D eigenvalue weighted by Crippen LogP contribution is -2.40. The molecule has 1 fully saturated rings. The standard InChI is InChI=1S/C10H13Cl2NS/c1-10(3-2-4-13-6-10)7-5-8(11)14-9(7)12/h5,13H,2-4,6H2,1H3. The van der Waals surface area contributed by atoms with E-state index >= 15 is 0 Å². The lowest BCUT2D eigenvalue weighted by atomic mass is 9.78. The van der Waals surface area contributed by atoms with Crippen molar-refractivity contribution in [3.8, 4) is 0 Å². The lowest BCUT2D eigenvalue weighted by Gasteiger charge is -2.34. The van der Waals surface area contributed by atoms with Gasteiger partial charge in [-0.15, -0.1) is 11.3 Å². The van der Waals surface area contributed by atoms with E-state index in [1.54, 1.807) is 0 Å². The number of hydrogen-bond donors (Lipinski definition) is 1. The molecule has 78 valence electrons. The fraction of sp³-hybridized carbons (Fsp3) is 0.600. The van der Waals surface area contributed by atoms with Crippen LogP contribution in [-0.2, 0) is 5.41 Å². The molecular weight excluding hydrogens is 237 g/mol. The second-order valence-electron chi connectivity index (χ2n) is 4.08. The monoisotopic (exact) mass is 249 g/mol. The van der Waals surface area contributed by atoms with Crippen molar-refractivity contribution in [1.29, 1.82) is 0 Å². The summed E-state index contributed by atoms with van der Waals surface area (Å²) in [5, 5.41) is 3.41. The minimum atomic E-state index is 0.166. The molecule has 1 nitrogen and oxygen atoms in total. The van der Waals surface area contributed by atoms with Crippen LogP contribution in [-0.4, -0.2) is 13.1 Å². The van der Waals surface area contributed by atoms with Gasteiger partial charge in [-0.05, 0) is 31.0 Å². The van der Waals surface area contributed by atoms with E-state index < -0.39 is 0 Å². The summed E-state index contributed by atoms with van der Waals surface area (Å²) >= 11 is 13.6. The molecule has 1 aliphatic rings. The fourth-order valence-electron chi connectivity index (χ4n) is 2.04. The Hall–Kier alpha value is 0.240. The molecule has 1 atom stereocenters. The van der Waals surface area contributed by atoms with Gasteiger partial charge in [-0.25, -0.2) is 0 Å². The third kappa shape index (κ3) is 1.94. The maximum absolute atomic E-state index is 6.17. The molecule has 2 heterocycles. The molecule has 0 aliphatic carbocycles. The molecule has 1 unspecified atom stereocenters. The van der Waals surface area contributed by atoms with Crippen LogP contribution in [0.3, 0.4) is 0 Å². The van der Waals surface area contributed by atoms with E-state index in [0.717, 1.165) is 21.8 Å². The minimum Gasteiger partial charge on any atom is -0.316 e. The van der Waals surface area contributed by atoms with Gasteiger partial charge >= 0.3 is 0 Å². The molecule has 0 saturated carbocycles. The number of halogens is 2. The average molecular weight is 250 g/mol. The van der Waals surface area contributed by atoms with Gasteiger partial charge in [0.25, 0.3) is 0 Å². The first-order valence-electron chi connectivity index (χ1n) is 4.78. The summed E-state index contributed by atoms with van der Waals surface area (Å²) in [6.45, 7) is 4.37. The molecule has 4 heteroatoms. The fourth-order valence-corrected chi connectivity index (χ4v) is 3.79. The van der Waals surface area contributed by atoms with Crippen molar-refractivity contribution in [1.82, 2.24) is 5.32 Å². The highest BCUT2D eigenvalue weighted by molar-refractivity contribution is 7.20. The van der Waals surface area contributed by atoms with Crippen LogP contribution in [0.1, 0.15) is 25.3 Å². The zero-order valence-corrected chi connectivity index (χ0v) is 10.4. The number of piperidine rings is 1. The summed E-state index contributed by atoms with van der Waals surface area (Å²) in [5.41, 5.74) is 1.38. The van der Waals surface area contributed by atoms with Crippen molar-refractivity contribution >= 4 is 34.5 Å². The van der Waals surface area contributed by atoms with Gasteiger partial charge < -0.3 is 5.32 Å². The van der Waals surface area contributed by atoms with Crippen LogP contribution >= 0.6 is 34.5 Å². The first-order valence-corrected chi connectivity index (χ1v) is 6.35. The Balaban J connectivity index is 2.32. The molecule has 1 aromatic rings. The molecule has 0 spiro atoms. The van der Waals surface area contributed by atoms with Crippen molar-refractivity contribution in [3.05, 3.63) is 20.3 Å². The highest BCUT2D eigenvalue weighted by Gasteiger charge is 2.31. The van der Waals surface area contributed by atoms with Crippen molar-refractivity contribution in [2.24, 2.45) is 0 Å². The van der Waals surface area contributed by atoms with Crippen LogP contribution in [0, 0.1) is 0 Å². The second-order valence-corrected chi connectivity index (χ2v) is 6.36. The van der Waals surface area contributed by atoms with Gasteiger partial charge in [0.15, 0.2) is 0 Å². The lowest BCUT2D eigenvalue weighted by molar-refractivity contribution is 0.340. The van der Waals surface area contributed by atoms with E-state index in [9.17, 15) is 0 Å². The Morgan fingerprint density at radius 3 is 2.79 bits per heavy atom. The Morgan fingerprint density at radius 1 is 1.50 bits per heavy atom. The van der Waals surface area contributed by atoms with Gasteiger partial charge in [-0.3, -0.25) is 0 Å². The quantitative estimate of drug-likeness (QED) is 0.801. The van der Waals surface area contributed by atoms with Gasteiger partial charge in [0.1, 0.15) is 0 Å². The molecular formula is C10H13Cl2NS. The van der Waals surface area contributed by atoms with Crippen LogP contribution < -0.4 is 5.32 Å². The zero-order chi connectivity index (χ0) is 10.2.